The lowest BCUT2D eigenvalue weighted by Gasteiger charge is -2.32. The van der Waals surface area contributed by atoms with E-state index in [1.54, 1.807) is 6.33 Å². The van der Waals surface area contributed by atoms with Crippen LogP contribution in [0.2, 0.25) is 0 Å². The summed E-state index contributed by atoms with van der Waals surface area (Å²) < 4.78 is 5.47. The van der Waals surface area contributed by atoms with Gasteiger partial charge in [-0.1, -0.05) is 30.3 Å². The van der Waals surface area contributed by atoms with E-state index in [9.17, 15) is 4.79 Å². The zero-order valence-corrected chi connectivity index (χ0v) is 19.9. The fourth-order valence-corrected chi connectivity index (χ4v) is 5.93. The highest BCUT2D eigenvalue weighted by Gasteiger charge is 2.23. The van der Waals surface area contributed by atoms with E-state index in [1.807, 2.05) is 6.92 Å². The molecule has 33 heavy (non-hydrogen) atoms. The smallest absolute Gasteiger partial charge is 0.261 e. The first-order chi connectivity index (χ1) is 16.2. The van der Waals surface area contributed by atoms with E-state index in [4.69, 9.17) is 4.74 Å². The minimum atomic E-state index is -0.0233. The number of aromatic nitrogens is 2. The van der Waals surface area contributed by atoms with Crippen molar-refractivity contribution < 1.29 is 9.53 Å². The molecule has 2 fully saturated rings. The molecule has 0 radical (unpaired) electrons. The Morgan fingerprint density at radius 1 is 1.18 bits per heavy atom. The summed E-state index contributed by atoms with van der Waals surface area (Å²) in [7, 11) is 0. The van der Waals surface area contributed by atoms with E-state index in [1.165, 1.54) is 29.7 Å². The lowest BCUT2D eigenvalue weighted by Crippen LogP contribution is -2.39. The number of nitrogens with one attached hydrogen (secondary N) is 2. The number of ether oxygens (including phenoxy) is 1. The van der Waals surface area contributed by atoms with Gasteiger partial charge in [-0.05, 0) is 56.3 Å². The Hall–Kier alpha value is -2.55. The van der Waals surface area contributed by atoms with Gasteiger partial charge in [0.1, 0.15) is 17.0 Å². The number of aryl methyl sites for hydroxylation is 1. The van der Waals surface area contributed by atoms with Crippen molar-refractivity contribution >= 4 is 33.3 Å². The molecule has 2 aliphatic rings. The third-order valence-corrected chi connectivity index (χ3v) is 7.97. The minimum absolute atomic E-state index is 0.0233. The number of amides is 1. The van der Waals surface area contributed by atoms with Gasteiger partial charge in [-0.25, -0.2) is 9.97 Å². The molecule has 2 saturated heterocycles. The standard InChI is InChI=1S/C25H31N5O2S/c1-17-21-23(29-20-9-14-32-15-20)27-16-28-25(21)33-22(17)24(31)26-10-13-30-11-7-19(8-12-30)18-5-3-2-4-6-18/h2-6,16,19-20H,7-15H2,1H3,(H,26,31)(H,27,28,29)/t20-/m0/s1. The maximum Gasteiger partial charge on any atom is 0.261 e. The molecule has 3 aromatic rings. The maximum absolute atomic E-state index is 13.0. The van der Waals surface area contributed by atoms with Crippen molar-refractivity contribution in [2.75, 3.05) is 44.7 Å². The molecule has 5 rings (SSSR count). The average molecular weight is 466 g/mol. The fourth-order valence-electron chi connectivity index (χ4n) is 4.86. The molecule has 174 valence electrons. The van der Waals surface area contributed by atoms with E-state index < -0.39 is 0 Å². The number of hydrogen-bond donors (Lipinski definition) is 2. The Balaban J connectivity index is 1.16. The van der Waals surface area contributed by atoms with Crippen LogP contribution in [0.25, 0.3) is 10.2 Å². The Morgan fingerprint density at radius 3 is 2.76 bits per heavy atom. The van der Waals surface area contributed by atoms with E-state index in [2.05, 4.69) is 55.8 Å². The first-order valence-corrected chi connectivity index (χ1v) is 12.6. The van der Waals surface area contributed by atoms with E-state index in [0.29, 0.717) is 19.1 Å². The monoisotopic (exact) mass is 465 g/mol. The maximum atomic E-state index is 13.0. The van der Waals surface area contributed by atoms with Gasteiger partial charge >= 0.3 is 0 Å². The zero-order chi connectivity index (χ0) is 22.6. The highest BCUT2D eigenvalue weighted by molar-refractivity contribution is 7.20. The zero-order valence-electron chi connectivity index (χ0n) is 19.0. The normalized spacial score (nSPS) is 19.7. The Morgan fingerprint density at radius 2 is 2.00 bits per heavy atom. The summed E-state index contributed by atoms with van der Waals surface area (Å²) in [6.07, 6.45) is 4.88. The number of fused-ring (bicyclic) bond motifs is 1. The first-order valence-electron chi connectivity index (χ1n) is 11.8. The second-order valence-electron chi connectivity index (χ2n) is 8.95. The lowest BCUT2D eigenvalue weighted by atomic mass is 9.89. The number of rotatable bonds is 7. The van der Waals surface area contributed by atoms with Gasteiger partial charge in [-0.3, -0.25) is 4.79 Å². The second-order valence-corrected chi connectivity index (χ2v) is 9.95. The van der Waals surface area contributed by atoms with Crippen molar-refractivity contribution in [3.05, 3.63) is 52.7 Å². The molecule has 2 aromatic heterocycles. The van der Waals surface area contributed by atoms with Crippen LogP contribution >= 0.6 is 11.3 Å². The van der Waals surface area contributed by atoms with Crippen LogP contribution in [-0.4, -0.2) is 66.2 Å². The van der Waals surface area contributed by atoms with Gasteiger partial charge in [0.25, 0.3) is 5.91 Å². The molecule has 2 N–H and O–H groups in total. The van der Waals surface area contributed by atoms with Crippen LogP contribution in [0.3, 0.4) is 0 Å². The number of hydrogen-bond acceptors (Lipinski definition) is 7. The third kappa shape index (κ3) is 5.03. The highest BCUT2D eigenvalue weighted by Crippen LogP contribution is 2.34. The minimum Gasteiger partial charge on any atom is -0.379 e. The third-order valence-electron chi connectivity index (χ3n) is 6.78. The van der Waals surface area contributed by atoms with Crippen LogP contribution in [0, 0.1) is 6.92 Å². The van der Waals surface area contributed by atoms with Gasteiger partial charge in [0.2, 0.25) is 0 Å². The summed E-state index contributed by atoms with van der Waals surface area (Å²) in [5.74, 6) is 1.42. The predicted octanol–water partition coefficient (Wildman–Crippen LogP) is 3.81. The highest BCUT2D eigenvalue weighted by atomic mass is 32.1. The molecular weight excluding hydrogens is 434 g/mol. The summed E-state index contributed by atoms with van der Waals surface area (Å²) in [4.78, 5) is 25.8. The molecule has 1 aromatic carbocycles. The van der Waals surface area contributed by atoms with Crippen molar-refractivity contribution in [2.24, 2.45) is 0 Å². The van der Waals surface area contributed by atoms with Crippen molar-refractivity contribution in [3.63, 3.8) is 0 Å². The van der Waals surface area contributed by atoms with Gasteiger partial charge in [0.15, 0.2) is 0 Å². The average Bonchev–Trinajstić information content (AvgIpc) is 3.48. The number of thiophene rings is 1. The van der Waals surface area contributed by atoms with Gasteiger partial charge in [0.05, 0.1) is 22.9 Å². The molecule has 0 unspecified atom stereocenters. The largest absolute Gasteiger partial charge is 0.379 e. The molecular formula is C25H31N5O2S. The first kappa shape index (κ1) is 22.3. The summed E-state index contributed by atoms with van der Waals surface area (Å²) in [6.45, 7) is 7.13. The molecule has 1 amide bonds. The van der Waals surface area contributed by atoms with E-state index in [0.717, 1.165) is 59.1 Å². The number of likely N-dealkylation sites (tertiary alicyclic amines) is 1. The number of nitrogens with zero attached hydrogens (tertiary/aromatic N) is 3. The number of carbonyl (C=O) groups excluding carboxylic acids is 1. The lowest BCUT2D eigenvalue weighted by molar-refractivity contribution is 0.0949. The van der Waals surface area contributed by atoms with Crippen LogP contribution in [0.15, 0.2) is 36.7 Å². The van der Waals surface area contributed by atoms with Crippen molar-refractivity contribution in [1.82, 2.24) is 20.2 Å². The van der Waals surface area contributed by atoms with Crippen LogP contribution in [-0.2, 0) is 4.74 Å². The van der Waals surface area contributed by atoms with E-state index in [-0.39, 0.29) is 11.9 Å². The number of piperidine rings is 1. The molecule has 0 saturated carbocycles. The molecule has 2 aliphatic heterocycles. The van der Waals surface area contributed by atoms with Crippen molar-refractivity contribution in [2.45, 2.75) is 38.1 Å². The van der Waals surface area contributed by atoms with Crippen LogP contribution in [0.1, 0.15) is 46.0 Å². The number of anilines is 1. The molecule has 8 heteroatoms. The molecule has 1 atom stereocenters. The summed E-state index contributed by atoms with van der Waals surface area (Å²) >= 11 is 1.44. The number of benzene rings is 1. The van der Waals surface area contributed by atoms with Gasteiger partial charge < -0.3 is 20.3 Å². The molecule has 0 spiro atoms. The second kappa shape index (κ2) is 10.2. The molecule has 0 aliphatic carbocycles. The Labute approximate surface area is 198 Å². The fraction of sp³-hybridized carbons (Fsp3) is 0.480. The summed E-state index contributed by atoms with van der Waals surface area (Å²) in [5.41, 5.74) is 2.39. The predicted molar refractivity (Wildman–Crippen MR) is 132 cm³/mol. The Bertz CT molecular complexity index is 1090. The quantitative estimate of drug-likeness (QED) is 0.552. The SMILES string of the molecule is Cc1c(C(=O)NCCN2CCC(c3ccccc3)CC2)sc2ncnc(N[C@H]3CCOC3)c12. The topological polar surface area (TPSA) is 79.4 Å². The molecule has 4 heterocycles. The van der Waals surface area contributed by atoms with Crippen molar-refractivity contribution in [1.29, 1.82) is 0 Å². The van der Waals surface area contributed by atoms with Crippen LogP contribution < -0.4 is 10.6 Å². The van der Waals surface area contributed by atoms with E-state index >= 15 is 0 Å². The van der Waals surface area contributed by atoms with Gasteiger partial charge in [-0.2, -0.15) is 0 Å². The number of carbonyl (C=O) groups is 1. The van der Waals surface area contributed by atoms with Gasteiger partial charge in [-0.15, -0.1) is 11.3 Å². The molecule has 0 bridgehead atoms. The Kier molecular flexibility index (Phi) is 6.85. The van der Waals surface area contributed by atoms with Crippen molar-refractivity contribution in [3.8, 4) is 0 Å². The molecule has 7 nitrogen and oxygen atoms in total. The summed E-state index contributed by atoms with van der Waals surface area (Å²) in [5, 5.41) is 7.54. The van der Waals surface area contributed by atoms with Crippen LogP contribution in [0.4, 0.5) is 5.82 Å². The van der Waals surface area contributed by atoms with Gasteiger partial charge in [0, 0.05) is 19.7 Å². The summed E-state index contributed by atoms with van der Waals surface area (Å²) in [6, 6.07) is 11.1. The van der Waals surface area contributed by atoms with Crippen LogP contribution in [0.5, 0.6) is 0 Å².